The SMILES string of the molecule is Cc1cccc(C)c1N1CC=C[C@]23S[C@]4(C)/C=C\CCCCOC(=O)[C@@H]4[C@H]2C(=O)N(CCCCO)C3C1=O. The summed E-state index contributed by atoms with van der Waals surface area (Å²) in [5, 5.41) is 9.42. The third-order valence-electron chi connectivity index (χ3n) is 8.52. The van der Waals surface area contributed by atoms with Crippen LogP contribution in [0.3, 0.4) is 0 Å². The molecule has 5 atom stereocenters. The number of likely N-dealkylation sites (tertiary alicyclic amines) is 1. The largest absolute Gasteiger partial charge is 0.465 e. The van der Waals surface area contributed by atoms with Crippen LogP contribution in [0.25, 0.3) is 0 Å². The maximum atomic E-state index is 14.6. The Kier molecular flexibility index (Phi) is 7.48. The van der Waals surface area contributed by atoms with E-state index in [2.05, 4.69) is 12.2 Å². The smallest absolute Gasteiger partial charge is 0.311 e. The molecule has 5 rings (SSSR count). The third kappa shape index (κ3) is 4.30. The molecule has 1 aromatic carbocycles. The Hall–Kier alpha value is -2.58. The van der Waals surface area contributed by atoms with Crippen molar-refractivity contribution < 1.29 is 24.2 Å². The Bertz CT molecular complexity index is 1160. The van der Waals surface area contributed by atoms with E-state index >= 15 is 0 Å². The van der Waals surface area contributed by atoms with Gasteiger partial charge in [0.1, 0.15) is 6.04 Å². The molecule has 4 heterocycles. The molecule has 0 aromatic heterocycles. The Morgan fingerprint density at radius 1 is 1.03 bits per heavy atom. The van der Waals surface area contributed by atoms with Crippen LogP contribution in [-0.2, 0) is 19.1 Å². The normalized spacial score (nSPS) is 33.9. The van der Waals surface area contributed by atoms with Gasteiger partial charge in [-0.2, -0.15) is 0 Å². The van der Waals surface area contributed by atoms with E-state index in [1.54, 1.807) is 16.7 Å². The van der Waals surface area contributed by atoms with Crippen LogP contribution < -0.4 is 4.90 Å². The molecule has 2 fully saturated rings. The summed E-state index contributed by atoms with van der Waals surface area (Å²) < 4.78 is 4.16. The number of esters is 1. The zero-order chi connectivity index (χ0) is 27.1. The van der Waals surface area contributed by atoms with E-state index in [0.29, 0.717) is 32.5 Å². The average Bonchev–Trinajstić information content (AvgIpc) is 3.20. The second kappa shape index (κ2) is 10.5. The third-order valence-corrected chi connectivity index (χ3v) is 10.3. The molecule has 0 radical (unpaired) electrons. The topological polar surface area (TPSA) is 87.2 Å². The van der Waals surface area contributed by atoms with Crippen molar-refractivity contribution in [2.45, 2.75) is 68.4 Å². The number of cyclic esters (lactones) is 1. The second-order valence-corrected chi connectivity index (χ2v) is 12.9. The number of benzene rings is 1. The fraction of sp³-hybridized carbons (Fsp3) is 0.567. The zero-order valence-electron chi connectivity index (χ0n) is 22.5. The number of carbonyl (C=O) groups is 3. The van der Waals surface area contributed by atoms with E-state index < -0.39 is 27.4 Å². The van der Waals surface area contributed by atoms with E-state index in [0.717, 1.165) is 36.1 Å². The van der Waals surface area contributed by atoms with Crippen molar-refractivity contribution in [1.29, 1.82) is 0 Å². The minimum absolute atomic E-state index is 0.0240. The highest BCUT2D eigenvalue weighted by molar-refractivity contribution is 8.02. The molecule has 1 aromatic rings. The highest BCUT2D eigenvalue weighted by Gasteiger charge is 2.73. The molecule has 2 saturated heterocycles. The standard InChI is InChI=1S/C30H38N2O5S/c1-20-12-10-13-21(2)24(20)31-17-11-15-30-22(26(34)32(16-7-8-18-33)25(30)27(31)35)23-28(36)37-19-9-5-4-6-14-29(23,3)38-30/h6,10-15,22-23,25,33H,4-5,7-9,16-19H2,1-3H3/b14-6-/t22-,23-,25?,29+,30-/m0/s1. The first-order chi connectivity index (χ1) is 18.2. The van der Waals surface area contributed by atoms with Gasteiger partial charge >= 0.3 is 5.97 Å². The van der Waals surface area contributed by atoms with Crippen molar-refractivity contribution in [1.82, 2.24) is 4.90 Å². The quantitative estimate of drug-likeness (QED) is 0.347. The lowest BCUT2D eigenvalue weighted by Crippen LogP contribution is -2.53. The van der Waals surface area contributed by atoms with Gasteiger partial charge in [0.15, 0.2) is 0 Å². The molecule has 4 aliphatic rings. The molecule has 2 amide bonds. The number of rotatable bonds is 5. The number of thioether (sulfide) groups is 1. The number of amides is 2. The van der Waals surface area contributed by atoms with Gasteiger partial charge < -0.3 is 19.6 Å². The molecule has 0 bridgehead atoms. The first-order valence-corrected chi connectivity index (χ1v) is 14.6. The number of fused-ring (bicyclic) bond motifs is 2. The van der Waals surface area contributed by atoms with Crippen molar-refractivity contribution in [3.05, 3.63) is 53.6 Å². The van der Waals surface area contributed by atoms with Crippen molar-refractivity contribution in [2.24, 2.45) is 11.8 Å². The number of aliphatic hydroxyl groups is 1. The molecular formula is C30H38N2O5S. The van der Waals surface area contributed by atoms with Crippen LogP contribution >= 0.6 is 11.8 Å². The fourth-order valence-corrected chi connectivity index (χ4v) is 9.02. The summed E-state index contributed by atoms with van der Waals surface area (Å²) in [7, 11) is 0. The summed E-state index contributed by atoms with van der Waals surface area (Å²) in [6.45, 7) is 7.14. The summed E-state index contributed by atoms with van der Waals surface area (Å²) in [6, 6.07) is 5.23. The number of aryl methyl sites for hydroxylation is 2. The second-order valence-electron chi connectivity index (χ2n) is 11.1. The molecule has 38 heavy (non-hydrogen) atoms. The number of para-hydroxylation sites is 1. The molecular weight excluding hydrogens is 500 g/mol. The van der Waals surface area contributed by atoms with Gasteiger partial charge in [-0.3, -0.25) is 14.4 Å². The zero-order valence-corrected chi connectivity index (χ0v) is 23.3. The number of hydrogen-bond acceptors (Lipinski definition) is 6. The average molecular weight is 539 g/mol. The Balaban J connectivity index is 1.64. The minimum atomic E-state index is -0.893. The van der Waals surface area contributed by atoms with Gasteiger partial charge in [-0.1, -0.05) is 42.5 Å². The Morgan fingerprint density at radius 2 is 1.79 bits per heavy atom. The van der Waals surface area contributed by atoms with Crippen LogP contribution in [0, 0.1) is 25.7 Å². The number of anilines is 1. The number of aliphatic hydroxyl groups excluding tert-OH is 1. The van der Waals surface area contributed by atoms with Crippen LogP contribution in [0.1, 0.15) is 50.2 Å². The van der Waals surface area contributed by atoms with E-state index in [-0.39, 0.29) is 24.4 Å². The van der Waals surface area contributed by atoms with Gasteiger partial charge in [-0.15, -0.1) is 11.8 Å². The van der Waals surface area contributed by atoms with Crippen LogP contribution in [-0.4, -0.2) is 69.6 Å². The maximum Gasteiger partial charge on any atom is 0.311 e. The molecule has 1 N–H and O–H groups in total. The van der Waals surface area contributed by atoms with E-state index in [9.17, 15) is 19.5 Å². The number of carbonyl (C=O) groups excluding carboxylic acids is 3. The van der Waals surface area contributed by atoms with Crippen LogP contribution in [0.4, 0.5) is 5.69 Å². The maximum absolute atomic E-state index is 14.6. The van der Waals surface area contributed by atoms with Crippen LogP contribution in [0.15, 0.2) is 42.5 Å². The van der Waals surface area contributed by atoms with Crippen molar-refractivity contribution in [3.8, 4) is 0 Å². The van der Waals surface area contributed by atoms with Crippen LogP contribution in [0.5, 0.6) is 0 Å². The van der Waals surface area contributed by atoms with Crippen molar-refractivity contribution in [3.63, 3.8) is 0 Å². The van der Waals surface area contributed by atoms with E-state index in [1.165, 1.54) is 0 Å². The number of nitrogens with zero attached hydrogens (tertiary/aromatic N) is 2. The van der Waals surface area contributed by atoms with E-state index in [4.69, 9.17) is 4.74 Å². The molecule has 204 valence electrons. The monoisotopic (exact) mass is 538 g/mol. The molecule has 7 nitrogen and oxygen atoms in total. The van der Waals surface area contributed by atoms with Crippen molar-refractivity contribution in [2.75, 3.05) is 31.2 Å². The first kappa shape index (κ1) is 27.0. The molecule has 0 saturated carbocycles. The summed E-state index contributed by atoms with van der Waals surface area (Å²) in [4.78, 5) is 46.0. The Labute approximate surface area is 229 Å². The molecule has 1 unspecified atom stereocenters. The van der Waals surface area contributed by atoms with Crippen molar-refractivity contribution >= 4 is 35.2 Å². The lowest BCUT2D eigenvalue weighted by Gasteiger charge is -2.37. The number of ether oxygens (including phenoxy) is 1. The lowest BCUT2D eigenvalue weighted by atomic mass is 9.74. The minimum Gasteiger partial charge on any atom is -0.465 e. The lowest BCUT2D eigenvalue weighted by molar-refractivity contribution is -0.154. The Morgan fingerprint density at radius 3 is 2.53 bits per heavy atom. The summed E-state index contributed by atoms with van der Waals surface area (Å²) >= 11 is 1.58. The number of allylic oxidation sites excluding steroid dienone is 1. The van der Waals surface area contributed by atoms with Gasteiger partial charge in [0.05, 0.1) is 23.2 Å². The van der Waals surface area contributed by atoms with E-state index in [1.807, 2.05) is 56.0 Å². The molecule has 1 spiro atoms. The highest BCUT2D eigenvalue weighted by atomic mass is 32.2. The molecule has 0 aliphatic carbocycles. The van der Waals surface area contributed by atoms with Gasteiger partial charge in [0.2, 0.25) is 5.91 Å². The number of hydrogen-bond donors (Lipinski definition) is 1. The molecule has 4 aliphatic heterocycles. The summed E-state index contributed by atoms with van der Waals surface area (Å²) in [5.41, 5.74) is 2.88. The summed E-state index contributed by atoms with van der Waals surface area (Å²) in [5.74, 6) is -2.04. The van der Waals surface area contributed by atoms with Crippen LogP contribution in [0.2, 0.25) is 0 Å². The van der Waals surface area contributed by atoms with Gasteiger partial charge in [-0.25, -0.2) is 0 Å². The first-order valence-electron chi connectivity index (χ1n) is 13.8. The highest BCUT2D eigenvalue weighted by Crippen LogP contribution is 2.65. The number of unbranched alkanes of at least 4 members (excludes halogenated alkanes) is 1. The predicted octanol–water partition coefficient (Wildman–Crippen LogP) is 3.95. The summed E-state index contributed by atoms with van der Waals surface area (Å²) in [6.07, 6.45) is 12.0. The fourth-order valence-electron chi connectivity index (χ4n) is 6.86. The predicted molar refractivity (Wildman–Crippen MR) is 149 cm³/mol. The molecule has 8 heteroatoms. The van der Waals surface area contributed by atoms with Gasteiger partial charge in [0.25, 0.3) is 5.91 Å². The van der Waals surface area contributed by atoms with Gasteiger partial charge in [-0.05, 0) is 64.0 Å². The van der Waals surface area contributed by atoms with Gasteiger partial charge in [0, 0.05) is 30.1 Å².